The van der Waals surface area contributed by atoms with Crippen molar-refractivity contribution in [3.63, 3.8) is 0 Å². The van der Waals surface area contributed by atoms with Crippen LogP contribution in [-0.4, -0.2) is 0 Å². The van der Waals surface area contributed by atoms with E-state index in [1.807, 2.05) is 0 Å². The van der Waals surface area contributed by atoms with E-state index in [0.29, 0.717) is 0 Å². The summed E-state index contributed by atoms with van der Waals surface area (Å²) in [5.74, 6) is 1.81. The second-order valence-corrected chi connectivity index (χ2v) is 14.4. The van der Waals surface area contributed by atoms with Crippen LogP contribution in [0.4, 0.5) is 17.1 Å². The molecule has 1 spiro atoms. The maximum atomic E-state index is 6.55. The first-order chi connectivity index (χ1) is 27.3. The molecule has 0 radical (unpaired) electrons. The van der Waals surface area contributed by atoms with Gasteiger partial charge in [0.2, 0.25) is 0 Å². The van der Waals surface area contributed by atoms with Crippen LogP contribution in [0.1, 0.15) is 22.3 Å². The number of anilines is 3. The van der Waals surface area contributed by atoms with Gasteiger partial charge in [0.15, 0.2) is 0 Å². The Kier molecular flexibility index (Phi) is 7.11. The molecule has 0 N–H and O–H groups in total. The van der Waals surface area contributed by atoms with Gasteiger partial charge in [-0.3, -0.25) is 0 Å². The van der Waals surface area contributed by atoms with Crippen LogP contribution in [0.5, 0.6) is 11.5 Å². The molecule has 9 aromatic carbocycles. The fourth-order valence-corrected chi connectivity index (χ4v) is 9.13. The van der Waals surface area contributed by atoms with E-state index in [1.165, 1.54) is 66.4 Å². The number of fused-ring (bicyclic) bond motifs is 10. The molecule has 258 valence electrons. The maximum Gasteiger partial charge on any atom is 0.132 e. The second-order valence-electron chi connectivity index (χ2n) is 14.4. The van der Waals surface area contributed by atoms with Crippen molar-refractivity contribution in [3.05, 3.63) is 235 Å². The summed E-state index contributed by atoms with van der Waals surface area (Å²) in [5.41, 5.74) is 15.1. The molecule has 1 aliphatic heterocycles. The molecule has 2 aliphatic rings. The number of ether oxygens (including phenoxy) is 1. The Morgan fingerprint density at radius 3 is 1.64 bits per heavy atom. The zero-order valence-corrected chi connectivity index (χ0v) is 30.1. The summed E-state index contributed by atoms with van der Waals surface area (Å²) in [4.78, 5) is 2.38. The van der Waals surface area contributed by atoms with Crippen LogP contribution in [0.25, 0.3) is 44.2 Å². The average molecular weight is 702 g/mol. The number of nitrogens with zero attached hydrogens (tertiary/aromatic N) is 1. The van der Waals surface area contributed by atoms with Crippen molar-refractivity contribution in [3.8, 4) is 44.9 Å². The molecule has 1 aliphatic carbocycles. The fraction of sp³-hybridized carbons (Fsp3) is 0.0189. The van der Waals surface area contributed by atoms with E-state index in [4.69, 9.17) is 4.74 Å². The van der Waals surface area contributed by atoms with Gasteiger partial charge in [-0.25, -0.2) is 0 Å². The molecule has 0 atom stereocenters. The second kappa shape index (κ2) is 12.5. The van der Waals surface area contributed by atoms with Gasteiger partial charge in [-0.05, 0) is 110 Å². The number of rotatable bonds is 5. The standard InChI is InChI=1S/C53H35NO/c1-3-14-36(15-4-1)39-27-26-37-16-13-20-43(45(37)34-39)38-28-30-41(31-29-38)54(40-17-5-2-6-18-40)42-32-33-48-46(35-42)44-19-7-8-21-47(44)53(48)49-22-9-11-24-51(49)55-52-25-12-10-23-50(52)53/h1-35H. The number of hydrogen-bond acceptors (Lipinski definition) is 2. The van der Waals surface area contributed by atoms with Gasteiger partial charge in [-0.2, -0.15) is 0 Å². The third-order valence-corrected chi connectivity index (χ3v) is 11.5. The monoisotopic (exact) mass is 701 g/mol. The van der Waals surface area contributed by atoms with Crippen molar-refractivity contribution in [2.45, 2.75) is 5.41 Å². The molecule has 2 nitrogen and oxygen atoms in total. The predicted molar refractivity (Wildman–Crippen MR) is 227 cm³/mol. The lowest BCUT2D eigenvalue weighted by Crippen LogP contribution is -2.32. The molecule has 11 rings (SSSR count). The summed E-state index contributed by atoms with van der Waals surface area (Å²) in [5, 5.41) is 2.48. The van der Waals surface area contributed by atoms with Gasteiger partial charge in [-0.15, -0.1) is 0 Å². The zero-order chi connectivity index (χ0) is 36.3. The molecule has 1 heterocycles. The summed E-state index contributed by atoms with van der Waals surface area (Å²) < 4.78 is 6.55. The van der Waals surface area contributed by atoms with Crippen molar-refractivity contribution < 1.29 is 4.74 Å². The largest absolute Gasteiger partial charge is 0.457 e. The highest BCUT2D eigenvalue weighted by molar-refractivity contribution is 5.99. The van der Waals surface area contributed by atoms with Gasteiger partial charge < -0.3 is 9.64 Å². The van der Waals surface area contributed by atoms with Crippen LogP contribution in [-0.2, 0) is 5.41 Å². The van der Waals surface area contributed by atoms with Crippen molar-refractivity contribution in [2.75, 3.05) is 4.90 Å². The first-order valence-corrected chi connectivity index (χ1v) is 18.9. The van der Waals surface area contributed by atoms with Crippen molar-refractivity contribution in [1.82, 2.24) is 0 Å². The van der Waals surface area contributed by atoms with Crippen molar-refractivity contribution in [2.24, 2.45) is 0 Å². The minimum Gasteiger partial charge on any atom is -0.457 e. The fourth-order valence-electron chi connectivity index (χ4n) is 9.13. The van der Waals surface area contributed by atoms with Gasteiger partial charge in [0, 0.05) is 28.2 Å². The number of hydrogen-bond donors (Lipinski definition) is 0. The molecule has 0 fully saturated rings. The highest BCUT2D eigenvalue weighted by atomic mass is 16.5. The Balaban J connectivity index is 1.06. The Morgan fingerprint density at radius 2 is 0.891 bits per heavy atom. The smallest absolute Gasteiger partial charge is 0.132 e. The van der Waals surface area contributed by atoms with E-state index in [2.05, 4.69) is 217 Å². The molecular formula is C53H35NO. The third kappa shape index (κ3) is 4.82. The van der Waals surface area contributed by atoms with Gasteiger partial charge in [0.25, 0.3) is 0 Å². The van der Waals surface area contributed by atoms with Gasteiger partial charge in [0.1, 0.15) is 11.5 Å². The minimum absolute atomic E-state index is 0.492. The highest BCUT2D eigenvalue weighted by Gasteiger charge is 2.51. The minimum atomic E-state index is -0.492. The molecule has 0 saturated heterocycles. The quantitative estimate of drug-likeness (QED) is 0.177. The van der Waals surface area contributed by atoms with Crippen LogP contribution in [0.3, 0.4) is 0 Å². The topological polar surface area (TPSA) is 12.5 Å². The molecule has 0 amide bonds. The molecular weight excluding hydrogens is 667 g/mol. The molecule has 2 heteroatoms. The van der Waals surface area contributed by atoms with Gasteiger partial charge >= 0.3 is 0 Å². The van der Waals surface area contributed by atoms with E-state index in [-0.39, 0.29) is 0 Å². The van der Waals surface area contributed by atoms with Gasteiger partial charge in [-0.1, -0.05) is 158 Å². The van der Waals surface area contributed by atoms with Crippen LogP contribution >= 0.6 is 0 Å². The molecule has 0 unspecified atom stereocenters. The van der Waals surface area contributed by atoms with E-state index in [9.17, 15) is 0 Å². The Labute approximate surface area is 321 Å². The Hall–Kier alpha value is -7.16. The first kappa shape index (κ1) is 31.4. The average Bonchev–Trinajstić information content (AvgIpc) is 3.54. The van der Waals surface area contributed by atoms with Crippen molar-refractivity contribution >= 4 is 27.8 Å². The van der Waals surface area contributed by atoms with E-state index >= 15 is 0 Å². The Bertz CT molecular complexity index is 2850. The van der Waals surface area contributed by atoms with Crippen LogP contribution < -0.4 is 9.64 Å². The van der Waals surface area contributed by atoms with Gasteiger partial charge in [0.05, 0.1) is 5.41 Å². The molecule has 0 saturated carbocycles. The zero-order valence-electron chi connectivity index (χ0n) is 30.1. The lowest BCUT2D eigenvalue weighted by molar-refractivity contribution is 0.436. The van der Waals surface area contributed by atoms with Crippen LogP contribution in [0.2, 0.25) is 0 Å². The number of benzene rings is 9. The lowest BCUT2D eigenvalue weighted by atomic mass is 9.66. The SMILES string of the molecule is c1ccc(-c2ccc3cccc(-c4ccc(N(c5ccccc5)c5ccc6c(c5)-c5ccccc5C65c6ccccc6Oc6ccccc65)cc4)c3c2)cc1. The number of para-hydroxylation sites is 3. The van der Waals surface area contributed by atoms with Crippen LogP contribution in [0.15, 0.2) is 212 Å². The molecule has 55 heavy (non-hydrogen) atoms. The molecule has 9 aromatic rings. The summed E-state index contributed by atoms with van der Waals surface area (Å²) in [6.45, 7) is 0. The Morgan fingerprint density at radius 1 is 0.327 bits per heavy atom. The van der Waals surface area contributed by atoms with Crippen LogP contribution in [0, 0.1) is 0 Å². The molecule has 0 aromatic heterocycles. The first-order valence-electron chi connectivity index (χ1n) is 18.9. The predicted octanol–water partition coefficient (Wildman–Crippen LogP) is 14.1. The van der Waals surface area contributed by atoms with Crippen molar-refractivity contribution in [1.29, 1.82) is 0 Å². The van der Waals surface area contributed by atoms with E-state index < -0.39 is 5.41 Å². The summed E-state index contributed by atoms with van der Waals surface area (Å²) >= 11 is 0. The highest BCUT2D eigenvalue weighted by Crippen LogP contribution is 2.62. The third-order valence-electron chi connectivity index (χ3n) is 11.5. The molecule has 0 bridgehead atoms. The van der Waals surface area contributed by atoms with E-state index in [0.717, 1.165) is 28.6 Å². The summed E-state index contributed by atoms with van der Waals surface area (Å²) in [6.07, 6.45) is 0. The maximum absolute atomic E-state index is 6.55. The lowest BCUT2D eigenvalue weighted by Gasteiger charge is -2.39. The van der Waals surface area contributed by atoms with E-state index in [1.54, 1.807) is 0 Å². The summed E-state index contributed by atoms with van der Waals surface area (Å²) in [6, 6.07) is 76.8. The normalized spacial score (nSPS) is 13.0. The summed E-state index contributed by atoms with van der Waals surface area (Å²) in [7, 11) is 0.